The minimum atomic E-state index is 0.456. The van der Waals surface area contributed by atoms with Gasteiger partial charge in [-0.25, -0.2) is 4.98 Å². The van der Waals surface area contributed by atoms with Gasteiger partial charge in [0, 0.05) is 12.2 Å². The SMILES string of the molecule is CC(C1CC1)n1c(N)nc2cnccc21. The standard InChI is InChI=1S/C11H14N4/c1-7(8-2-3-8)15-10-4-5-13-6-9(10)14-11(15)12/h4-8H,2-3H2,1H3,(H2,12,14). The summed E-state index contributed by atoms with van der Waals surface area (Å²) < 4.78 is 2.13. The number of anilines is 1. The molecule has 78 valence electrons. The molecule has 1 aliphatic rings. The molecule has 2 heterocycles. The van der Waals surface area contributed by atoms with E-state index in [1.54, 1.807) is 12.4 Å². The van der Waals surface area contributed by atoms with Crippen LogP contribution in [0.15, 0.2) is 18.5 Å². The first-order valence-corrected chi connectivity index (χ1v) is 5.35. The van der Waals surface area contributed by atoms with Gasteiger partial charge in [-0.1, -0.05) is 0 Å². The smallest absolute Gasteiger partial charge is 0.201 e. The molecule has 1 aliphatic carbocycles. The zero-order valence-electron chi connectivity index (χ0n) is 8.72. The molecule has 0 amide bonds. The van der Waals surface area contributed by atoms with Crippen LogP contribution in [0.2, 0.25) is 0 Å². The van der Waals surface area contributed by atoms with Crippen molar-refractivity contribution in [1.29, 1.82) is 0 Å². The van der Waals surface area contributed by atoms with Gasteiger partial charge >= 0.3 is 0 Å². The summed E-state index contributed by atoms with van der Waals surface area (Å²) in [6, 6.07) is 2.44. The highest BCUT2D eigenvalue weighted by Gasteiger charge is 2.30. The Kier molecular flexibility index (Phi) is 1.71. The number of rotatable bonds is 2. The summed E-state index contributed by atoms with van der Waals surface area (Å²) in [5.41, 5.74) is 7.93. The molecular formula is C11H14N4. The molecule has 2 aromatic rings. The van der Waals surface area contributed by atoms with Crippen molar-refractivity contribution in [2.45, 2.75) is 25.8 Å². The first kappa shape index (κ1) is 8.71. The third kappa shape index (κ3) is 1.28. The van der Waals surface area contributed by atoms with Gasteiger partial charge in [0.25, 0.3) is 0 Å². The van der Waals surface area contributed by atoms with Crippen LogP contribution < -0.4 is 5.73 Å². The van der Waals surface area contributed by atoms with E-state index in [1.165, 1.54) is 12.8 Å². The number of fused-ring (bicyclic) bond motifs is 1. The van der Waals surface area contributed by atoms with Crippen LogP contribution in [0.4, 0.5) is 5.95 Å². The molecule has 2 aromatic heterocycles. The summed E-state index contributed by atoms with van der Waals surface area (Å²) in [6.07, 6.45) is 6.18. The van der Waals surface area contributed by atoms with Crippen LogP contribution in [0, 0.1) is 5.92 Å². The average molecular weight is 202 g/mol. The number of hydrogen-bond acceptors (Lipinski definition) is 3. The van der Waals surface area contributed by atoms with Gasteiger partial charge in [-0.15, -0.1) is 0 Å². The molecular weight excluding hydrogens is 188 g/mol. The highest BCUT2D eigenvalue weighted by molar-refractivity contribution is 5.77. The molecule has 0 bridgehead atoms. The Bertz CT molecular complexity index is 498. The van der Waals surface area contributed by atoms with Crippen molar-refractivity contribution in [2.75, 3.05) is 5.73 Å². The Morgan fingerprint density at radius 1 is 1.53 bits per heavy atom. The normalized spacial score (nSPS) is 18.2. The fourth-order valence-corrected chi connectivity index (χ4v) is 2.19. The fourth-order valence-electron chi connectivity index (χ4n) is 2.19. The van der Waals surface area contributed by atoms with Crippen LogP contribution in [-0.4, -0.2) is 14.5 Å². The topological polar surface area (TPSA) is 56.7 Å². The number of hydrogen-bond donors (Lipinski definition) is 1. The molecule has 3 rings (SSSR count). The molecule has 15 heavy (non-hydrogen) atoms. The van der Waals surface area contributed by atoms with Crippen molar-refractivity contribution in [3.63, 3.8) is 0 Å². The Labute approximate surface area is 88.1 Å². The van der Waals surface area contributed by atoms with E-state index in [2.05, 4.69) is 21.5 Å². The Hall–Kier alpha value is -1.58. The van der Waals surface area contributed by atoms with E-state index in [4.69, 9.17) is 5.73 Å². The molecule has 2 N–H and O–H groups in total. The van der Waals surface area contributed by atoms with Gasteiger partial charge < -0.3 is 10.3 Å². The monoisotopic (exact) mass is 202 g/mol. The molecule has 4 nitrogen and oxygen atoms in total. The third-order valence-corrected chi connectivity index (χ3v) is 3.23. The van der Waals surface area contributed by atoms with E-state index in [1.807, 2.05) is 6.07 Å². The molecule has 0 radical (unpaired) electrons. The van der Waals surface area contributed by atoms with Crippen LogP contribution in [0.5, 0.6) is 0 Å². The minimum Gasteiger partial charge on any atom is -0.369 e. The van der Waals surface area contributed by atoms with Gasteiger partial charge in [-0.3, -0.25) is 4.98 Å². The van der Waals surface area contributed by atoms with E-state index in [-0.39, 0.29) is 0 Å². The largest absolute Gasteiger partial charge is 0.369 e. The van der Waals surface area contributed by atoms with Crippen LogP contribution in [0.1, 0.15) is 25.8 Å². The quantitative estimate of drug-likeness (QED) is 0.810. The van der Waals surface area contributed by atoms with E-state index < -0.39 is 0 Å². The number of imidazole rings is 1. The lowest BCUT2D eigenvalue weighted by Crippen LogP contribution is -2.10. The van der Waals surface area contributed by atoms with E-state index in [0.29, 0.717) is 12.0 Å². The molecule has 0 spiro atoms. The van der Waals surface area contributed by atoms with E-state index in [0.717, 1.165) is 17.0 Å². The molecule has 0 aliphatic heterocycles. The van der Waals surface area contributed by atoms with Gasteiger partial charge in [-0.2, -0.15) is 0 Å². The van der Waals surface area contributed by atoms with Crippen LogP contribution in [0.25, 0.3) is 11.0 Å². The highest BCUT2D eigenvalue weighted by Crippen LogP contribution is 2.41. The Morgan fingerprint density at radius 3 is 3.07 bits per heavy atom. The minimum absolute atomic E-state index is 0.456. The molecule has 1 saturated carbocycles. The highest BCUT2D eigenvalue weighted by atomic mass is 15.2. The maximum absolute atomic E-state index is 5.94. The lowest BCUT2D eigenvalue weighted by molar-refractivity contribution is 0.504. The second kappa shape index (κ2) is 2.95. The second-order valence-corrected chi connectivity index (χ2v) is 4.28. The van der Waals surface area contributed by atoms with Gasteiger partial charge in [0.05, 0.1) is 11.7 Å². The first-order valence-electron chi connectivity index (χ1n) is 5.35. The van der Waals surface area contributed by atoms with Gasteiger partial charge in [0.15, 0.2) is 0 Å². The van der Waals surface area contributed by atoms with Crippen LogP contribution in [-0.2, 0) is 0 Å². The number of pyridine rings is 1. The number of nitrogens with zero attached hydrogens (tertiary/aromatic N) is 3. The molecule has 4 heteroatoms. The van der Waals surface area contributed by atoms with Crippen molar-refractivity contribution in [3.8, 4) is 0 Å². The molecule has 0 aromatic carbocycles. The third-order valence-electron chi connectivity index (χ3n) is 3.23. The summed E-state index contributed by atoms with van der Waals surface area (Å²) in [6.45, 7) is 2.22. The van der Waals surface area contributed by atoms with Crippen molar-refractivity contribution in [2.24, 2.45) is 5.92 Å². The van der Waals surface area contributed by atoms with Crippen molar-refractivity contribution >= 4 is 17.0 Å². The zero-order chi connectivity index (χ0) is 10.4. The van der Waals surface area contributed by atoms with Crippen molar-refractivity contribution < 1.29 is 0 Å². The maximum Gasteiger partial charge on any atom is 0.201 e. The van der Waals surface area contributed by atoms with Gasteiger partial charge in [0.2, 0.25) is 5.95 Å². The average Bonchev–Trinajstić information content (AvgIpc) is 3.00. The lowest BCUT2D eigenvalue weighted by atomic mass is 10.2. The fraction of sp³-hybridized carbons (Fsp3) is 0.455. The van der Waals surface area contributed by atoms with Gasteiger partial charge in [-0.05, 0) is 31.7 Å². The number of nitrogens with two attached hydrogens (primary N) is 1. The van der Waals surface area contributed by atoms with E-state index in [9.17, 15) is 0 Å². The maximum atomic E-state index is 5.94. The molecule has 1 atom stereocenters. The molecule has 1 fully saturated rings. The van der Waals surface area contributed by atoms with Crippen LogP contribution in [0.3, 0.4) is 0 Å². The van der Waals surface area contributed by atoms with Gasteiger partial charge in [0.1, 0.15) is 5.52 Å². The summed E-state index contributed by atoms with van der Waals surface area (Å²) in [5, 5.41) is 0. The molecule has 0 saturated heterocycles. The number of aromatic nitrogens is 3. The van der Waals surface area contributed by atoms with Crippen molar-refractivity contribution in [3.05, 3.63) is 18.5 Å². The zero-order valence-corrected chi connectivity index (χ0v) is 8.72. The predicted molar refractivity (Wildman–Crippen MR) is 59.4 cm³/mol. The molecule has 1 unspecified atom stereocenters. The Balaban J connectivity index is 2.18. The summed E-state index contributed by atoms with van der Waals surface area (Å²) in [7, 11) is 0. The summed E-state index contributed by atoms with van der Waals surface area (Å²) in [4.78, 5) is 8.38. The Morgan fingerprint density at radius 2 is 2.33 bits per heavy atom. The number of nitrogen functional groups attached to an aromatic ring is 1. The predicted octanol–water partition coefficient (Wildman–Crippen LogP) is 1.98. The van der Waals surface area contributed by atoms with E-state index >= 15 is 0 Å². The first-order chi connectivity index (χ1) is 7.27. The summed E-state index contributed by atoms with van der Waals surface area (Å²) >= 11 is 0. The second-order valence-electron chi connectivity index (χ2n) is 4.28. The summed E-state index contributed by atoms with van der Waals surface area (Å²) in [5.74, 6) is 1.38. The van der Waals surface area contributed by atoms with Crippen molar-refractivity contribution in [1.82, 2.24) is 14.5 Å². The lowest BCUT2D eigenvalue weighted by Gasteiger charge is -2.14. The van der Waals surface area contributed by atoms with Crippen LogP contribution >= 0.6 is 0 Å².